The fourth-order valence-corrected chi connectivity index (χ4v) is 3.41. The third-order valence-corrected chi connectivity index (χ3v) is 4.92. The van der Waals surface area contributed by atoms with Crippen molar-refractivity contribution in [3.05, 3.63) is 0 Å². The summed E-state index contributed by atoms with van der Waals surface area (Å²) in [7, 11) is 0. The summed E-state index contributed by atoms with van der Waals surface area (Å²) in [6.07, 6.45) is 11.4. The zero-order valence-corrected chi connectivity index (χ0v) is 12.4. The molecule has 1 heterocycles. The van der Waals surface area contributed by atoms with Gasteiger partial charge in [-0.05, 0) is 38.5 Å². The van der Waals surface area contributed by atoms with Gasteiger partial charge in [-0.2, -0.15) is 0 Å². The van der Waals surface area contributed by atoms with Gasteiger partial charge in [-0.25, -0.2) is 0 Å². The Kier molecular flexibility index (Phi) is 5.26. The Morgan fingerprint density at radius 1 is 1.21 bits per heavy atom. The van der Waals surface area contributed by atoms with Crippen LogP contribution in [0.4, 0.5) is 0 Å². The molecule has 1 N–H and O–H groups in total. The molecule has 1 saturated carbocycles. The normalized spacial score (nSPS) is 24.4. The molecule has 0 bridgehead atoms. The molecule has 1 aliphatic carbocycles. The minimum Gasteiger partial charge on any atom is -0.390 e. The van der Waals surface area contributed by atoms with Gasteiger partial charge in [0.05, 0.1) is 5.60 Å². The number of piperidine rings is 1. The van der Waals surface area contributed by atoms with E-state index in [4.69, 9.17) is 0 Å². The number of carbonyl (C=O) groups is 1. The van der Waals surface area contributed by atoms with E-state index < -0.39 is 5.60 Å². The van der Waals surface area contributed by atoms with Gasteiger partial charge < -0.3 is 10.0 Å². The molecule has 0 spiro atoms. The van der Waals surface area contributed by atoms with Crippen LogP contribution in [0.5, 0.6) is 0 Å². The van der Waals surface area contributed by atoms with Crippen molar-refractivity contribution < 1.29 is 9.90 Å². The summed E-state index contributed by atoms with van der Waals surface area (Å²) in [6.45, 7) is 3.34. The molecule has 1 saturated heterocycles. The molecule has 0 aromatic carbocycles. The Labute approximate surface area is 117 Å². The summed E-state index contributed by atoms with van der Waals surface area (Å²) in [6, 6.07) is 0. The van der Waals surface area contributed by atoms with Crippen LogP contribution in [0.25, 0.3) is 0 Å². The molecule has 2 aliphatic rings. The van der Waals surface area contributed by atoms with Crippen molar-refractivity contribution in [1.29, 1.82) is 0 Å². The maximum atomic E-state index is 12.1. The Morgan fingerprint density at radius 3 is 2.47 bits per heavy atom. The molecule has 0 radical (unpaired) electrons. The monoisotopic (exact) mass is 267 g/mol. The number of rotatable bonds is 4. The first-order valence-electron chi connectivity index (χ1n) is 8.07. The van der Waals surface area contributed by atoms with Crippen LogP contribution >= 0.6 is 0 Å². The van der Waals surface area contributed by atoms with Crippen LogP contribution in [0, 0.1) is 5.92 Å². The highest BCUT2D eigenvalue weighted by atomic mass is 16.3. The van der Waals surface area contributed by atoms with Crippen LogP contribution < -0.4 is 0 Å². The highest BCUT2D eigenvalue weighted by molar-refractivity contribution is 5.76. The van der Waals surface area contributed by atoms with E-state index in [1.807, 2.05) is 11.8 Å². The van der Waals surface area contributed by atoms with Gasteiger partial charge in [0, 0.05) is 19.5 Å². The van der Waals surface area contributed by atoms with Crippen LogP contribution in [0.1, 0.15) is 71.1 Å². The van der Waals surface area contributed by atoms with Crippen molar-refractivity contribution in [1.82, 2.24) is 4.90 Å². The summed E-state index contributed by atoms with van der Waals surface area (Å²) in [4.78, 5) is 14.0. The van der Waals surface area contributed by atoms with E-state index in [2.05, 4.69) is 0 Å². The van der Waals surface area contributed by atoms with Crippen molar-refractivity contribution >= 4 is 5.91 Å². The second kappa shape index (κ2) is 6.74. The molecule has 0 unspecified atom stereocenters. The van der Waals surface area contributed by atoms with Gasteiger partial charge in [0.1, 0.15) is 0 Å². The Balaban J connectivity index is 1.62. The highest BCUT2D eigenvalue weighted by Gasteiger charge is 2.29. The van der Waals surface area contributed by atoms with Gasteiger partial charge in [-0.15, -0.1) is 0 Å². The predicted octanol–water partition coefficient (Wildman–Crippen LogP) is 3.11. The number of hydrogen-bond donors (Lipinski definition) is 1. The van der Waals surface area contributed by atoms with Crippen LogP contribution in [0.3, 0.4) is 0 Å². The molecule has 1 aliphatic heterocycles. The van der Waals surface area contributed by atoms with E-state index in [0.29, 0.717) is 12.3 Å². The first-order valence-corrected chi connectivity index (χ1v) is 8.07. The number of hydrogen-bond acceptors (Lipinski definition) is 2. The van der Waals surface area contributed by atoms with Crippen molar-refractivity contribution in [2.45, 2.75) is 76.7 Å². The number of amides is 1. The van der Waals surface area contributed by atoms with Crippen LogP contribution in [-0.4, -0.2) is 34.6 Å². The van der Waals surface area contributed by atoms with Gasteiger partial charge in [-0.3, -0.25) is 4.79 Å². The van der Waals surface area contributed by atoms with Gasteiger partial charge in [0.2, 0.25) is 5.91 Å². The smallest absolute Gasteiger partial charge is 0.222 e. The van der Waals surface area contributed by atoms with E-state index in [1.165, 1.54) is 38.5 Å². The lowest BCUT2D eigenvalue weighted by Gasteiger charge is -2.36. The highest BCUT2D eigenvalue weighted by Crippen LogP contribution is 2.28. The van der Waals surface area contributed by atoms with Crippen LogP contribution in [0.2, 0.25) is 0 Å². The van der Waals surface area contributed by atoms with E-state index >= 15 is 0 Å². The fourth-order valence-electron chi connectivity index (χ4n) is 3.41. The topological polar surface area (TPSA) is 40.5 Å². The van der Waals surface area contributed by atoms with Gasteiger partial charge >= 0.3 is 0 Å². The molecule has 0 aromatic rings. The number of carbonyl (C=O) groups excluding carboxylic acids is 1. The Bertz CT molecular complexity index is 285. The minimum atomic E-state index is -0.557. The average molecular weight is 267 g/mol. The number of nitrogens with zero attached hydrogens (tertiary/aromatic N) is 1. The van der Waals surface area contributed by atoms with Gasteiger partial charge in [-0.1, -0.05) is 32.1 Å². The summed E-state index contributed by atoms with van der Waals surface area (Å²) in [5.74, 6) is 1.18. The molecular formula is C16H29NO2. The standard InChI is InChI=1S/C16H29NO2/c1-16(19)10-12-17(13-11-16)15(18)9-5-8-14-6-3-2-4-7-14/h14,19H,2-13H2,1H3. The van der Waals surface area contributed by atoms with Crippen LogP contribution in [0.15, 0.2) is 0 Å². The second-order valence-electron chi connectivity index (χ2n) is 6.77. The lowest BCUT2D eigenvalue weighted by molar-refractivity contribution is -0.135. The third kappa shape index (κ3) is 4.79. The summed E-state index contributed by atoms with van der Waals surface area (Å²) in [5, 5.41) is 9.88. The van der Waals surface area contributed by atoms with E-state index in [1.54, 1.807) is 0 Å². The van der Waals surface area contributed by atoms with E-state index in [0.717, 1.165) is 38.3 Å². The zero-order valence-electron chi connectivity index (χ0n) is 12.4. The van der Waals surface area contributed by atoms with Crippen molar-refractivity contribution in [3.8, 4) is 0 Å². The molecule has 0 aromatic heterocycles. The molecule has 1 amide bonds. The Hall–Kier alpha value is -0.570. The second-order valence-corrected chi connectivity index (χ2v) is 6.77. The molecule has 19 heavy (non-hydrogen) atoms. The zero-order chi connectivity index (χ0) is 13.7. The predicted molar refractivity (Wildman–Crippen MR) is 76.9 cm³/mol. The van der Waals surface area contributed by atoms with Crippen molar-refractivity contribution in [2.75, 3.05) is 13.1 Å². The Morgan fingerprint density at radius 2 is 1.84 bits per heavy atom. The SMILES string of the molecule is CC1(O)CCN(C(=O)CCCC2CCCCC2)CC1. The van der Waals surface area contributed by atoms with Gasteiger partial charge in [0.25, 0.3) is 0 Å². The molecule has 0 atom stereocenters. The minimum absolute atomic E-state index is 0.298. The lowest BCUT2D eigenvalue weighted by Crippen LogP contribution is -2.45. The van der Waals surface area contributed by atoms with Crippen LogP contribution in [-0.2, 0) is 4.79 Å². The largest absolute Gasteiger partial charge is 0.390 e. The van der Waals surface area contributed by atoms with Crippen molar-refractivity contribution in [3.63, 3.8) is 0 Å². The van der Waals surface area contributed by atoms with Gasteiger partial charge in [0.15, 0.2) is 0 Å². The summed E-state index contributed by atoms with van der Waals surface area (Å²) < 4.78 is 0. The number of likely N-dealkylation sites (tertiary alicyclic amines) is 1. The van der Waals surface area contributed by atoms with Crippen molar-refractivity contribution in [2.24, 2.45) is 5.92 Å². The van der Waals surface area contributed by atoms with E-state index in [9.17, 15) is 9.90 Å². The number of aliphatic hydroxyl groups is 1. The quantitative estimate of drug-likeness (QED) is 0.850. The molecule has 110 valence electrons. The molecule has 3 heteroatoms. The first-order chi connectivity index (χ1) is 9.07. The summed E-state index contributed by atoms with van der Waals surface area (Å²) in [5.41, 5.74) is -0.557. The first kappa shape index (κ1) is 14.8. The lowest BCUT2D eigenvalue weighted by atomic mass is 9.85. The summed E-state index contributed by atoms with van der Waals surface area (Å²) >= 11 is 0. The maximum Gasteiger partial charge on any atom is 0.222 e. The average Bonchev–Trinajstić information content (AvgIpc) is 2.39. The maximum absolute atomic E-state index is 12.1. The molecular weight excluding hydrogens is 238 g/mol. The molecule has 3 nitrogen and oxygen atoms in total. The third-order valence-electron chi connectivity index (χ3n) is 4.92. The van der Waals surface area contributed by atoms with E-state index in [-0.39, 0.29) is 0 Å². The molecule has 2 rings (SSSR count). The molecule has 2 fully saturated rings. The fraction of sp³-hybridized carbons (Fsp3) is 0.938.